The van der Waals surface area contributed by atoms with E-state index < -0.39 is 5.54 Å². The fourth-order valence-electron chi connectivity index (χ4n) is 5.87. The number of nitrogens with one attached hydrogen (secondary N) is 1. The summed E-state index contributed by atoms with van der Waals surface area (Å²) < 4.78 is 5.74. The van der Waals surface area contributed by atoms with Crippen LogP contribution >= 0.6 is 11.6 Å². The van der Waals surface area contributed by atoms with Gasteiger partial charge in [0.05, 0.1) is 6.07 Å². The number of hydrogen-bond donors (Lipinski definition) is 1. The van der Waals surface area contributed by atoms with Gasteiger partial charge in [0.25, 0.3) is 0 Å². The van der Waals surface area contributed by atoms with Crippen molar-refractivity contribution in [2.45, 2.75) is 81.3 Å². The largest absolute Gasteiger partial charge is 0.423 e. The van der Waals surface area contributed by atoms with E-state index in [4.69, 9.17) is 21.3 Å². The zero-order valence-electron chi connectivity index (χ0n) is 16.1. The number of hydrogen-bond acceptors (Lipinski definition) is 5. The molecule has 4 aliphatic rings. The van der Waals surface area contributed by atoms with E-state index in [2.05, 4.69) is 21.6 Å². The molecule has 3 saturated carbocycles. The van der Waals surface area contributed by atoms with Crippen LogP contribution in [-0.4, -0.2) is 38.6 Å². The maximum Gasteiger partial charge on any atom is 0.318 e. The molecule has 2 bridgehead atoms. The molecule has 1 N–H and O–H groups in total. The Morgan fingerprint density at radius 3 is 2.86 bits per heavy atom. The van der Waals surface area contributed by atoms with Crippen LogP contribution < -0.4 is 5.32 Å². The van der Waals surface area contributed by atoms with Crippen LogP contribution in [0, 0.1) is 36.0 Å². The average Bonchev–Trinajstić information content (AvgIpc) is 3.34. The molecule has 1 aliphatic heterocycles. The number of likely N-dealkylation sites (tertiary alicyclic amines) is 1. The summed E-state index contributed by atoms with van der Waals surface area (Å²) in [5.74, 6) is 2.00. The lowest BCUT2D eigenvalue weighted by Crippen LogP contribution is -2.70. The smallest absolute Gasteiger partial charge is 0.318 e. The van der Waals surface area contributed by atoms with Crippen LogP contribution in [0.15, 0.2) is 4.42 Å². The van der Waals surface area contributed by atoms with Crippen molar-refractivity contribution in [2.24, 2.45) is 17.8 Å². The van der Waals surface area contributed by atoms with Crippen molar-refractivity contribution >= 4 is 17.6 Å². The number of piperidine rings is 1. The summed E-state index contributed by atoms with van der Waals surface area (Å²) in [5, 5.41) is 20.8. The maximum atomic E-state index is 13.2. The third-order valence-corrected chi connectivity index (χ3v) is 7.91. The van der Waals surface area contributed by atoms with Crippen LogP contribution in [0.25, 0.3) is 0 Å². The van der Waals surface area contributed by atoms with Gasteiger partial charge in [0, 0.05) is 36.7 Å². The number of halogens is 1. The van der Waals surface area contributed by atoms with E-state index in [1.165, 1.54) is 0 Å². The standard InChI is InChI=1S/C20H26ClN5O2/c1-11-24-25-18(28-11)20-6-2-3-14(9-20)26(20)19(27)23-13-4-5-17(21)16(8-13)15-7-12(15)10-22/h12-17H,2-9H2,1H3,(H,23,27). The lowest BCUT2D eigenvalue weighted by Gasteiger charge is -2.60. The summed E-state index contributed by atoms with van der Waals surface area (Å²) in [7, 11) is 0. The van der Waals surface area contributed by atoms with Crippen LogP contribution in [0.3, 0.4) is 0 Å². The van der Waals surface area contributed by atoms with E-state index >= 15 is 0 Å². The first-order chi connectivity index (χ1) is 13.5. The number of rotatable bonds is 3. The van der Waals surface area contributed by atoms with Gasteiger partial charge in [0.2, 0.25) is 11.8 Å². The molecule has 7 atom stereocenters. The van der Waals surface area contributed by atoms with Crippen LogP contribution in [0.2, 0.25) is 0 Å². The van der Waals surface area contributed by atoms with E-state index in [0.717, 1.165) is 51.4 Å². The van der Waals surface area contributed by atoms with Gasteiger partial charge in [-0.15, -0.1) is 21.8 Å². The minimum Gasteiger partial charge on any atom is -0.423 e. The number of carbonyl (C=O) groups excluding carboxylic acids is 1. The van der Waals surface area contributed by atoms with Gasteiger partial charge in [-0.05, 0) is 56.8 Å². The SMILES string of the molecule is Cc1nnc(C23CCCC(C2)N3C(=O)NC2CCC(Cl)C(C3CC3C#N)C2)o1. The zero-order valence-corrected chi connectivity index (χ0v) is 16.9. The van der Waals surface area contributed by atoms with Crippen molar-refractivity contribution in [1.29, 1.82) is 5.26 Å². The van der Waals surface area contributed by atoms with E-state index in [1.54, 1.807) is 6.92 Å². The minimum absolute atomic E-state index is 0.0174. The van der Waals surface area contributed by atoms with Gasteiger partial charge in [0.1, 0.15) is 5.54 Å². The summed E-state index contributed by atoms with van der Waals surface area (Å²) in [5.41, 5.74) is -0.431. The second kappa shape index (κ2) is 6.62. The Morgan fingerprint density at radius 2 is 2.18 bits per heavy atom. The maximum absolute atomic E-state index is 13.2. The molecular weight excluding hydrogens is 378 g/mol. The molecule has 2 heterocycles. The van der Waals surface area contributed by atoms with Crippen molar-refractivity contribution < 1.29 is 9.21 Å². The second-order valence-corrected chi connectivity index (χ2v) is 9.61. The number of nitrogens with zero attached hydrogens (tertiary/aromatic N) is 4. The summed E-state index contributed by atoms with van der Waals surface area (Å²) in [6.07, 6.45) is 7.51. The predicted octanol–water partition coefficient (Wildman–Crippen LogP) is 3.48. The fourth-order valence-corrected chi connectivity index (χ4v) is 6.28. The van der Waals surface area contributed by atoms with Gasteiger partial charge in [-0.25, -0.2) is 4.79 Å². The zero-order chi connectivity index (χ0) is 19.5. The fraction of sp³-hybridized carbons (Fsp3) is 0.800. The molecule has 4 fully saturated rings. The molecule has 5 rings (SSSR count). The summed E-state index contributed by atoms with van der Waals surface area (Å²) in [6.45, 7) is 1.79. The first kappa shape index (κ1) is 18.2. The van der Waals surface area contributed by atoms with E-state index in [9.17, 15) is 4.79 Å². The van der Waals surface area contributed by atoms with Crippen molar-refractivity contribution in [3.05, 3.63) is 11.8 Å². The van der Waals surface area contributed by atoms with E-state index in [1.807, 2.05) is 4.90 Å². The molecule has 0 radical (unpaired) electrons. The molecule has 7 unspecified atom stereocenters. The number of amides is 2. The van der Waals surface area contributed by atoms with Crippen LogP contribution in [0.5, 0.6) is 0 Å². The number of fused-ring (bicyclic) bond motifs is 2. The molecule has 3 aliphatic carbocycles. The Balaban J connectivity index is 1.28. The van der Waals surface area contributed by atoms with Crippen LogP contribution in [0.1, 0.15) is 63.1 Å². The molecule has 2 amide bonds. The molecule has 150 valence electrons. The molecule has 7 nitrogen and oxygen atoms in total. The molecule has 0 spiro atoms. The molecule has 8 heteroatoms. The predicted molar refractivity (Wildman–Crippen MR) is 101 cm³/mol. The topological polar surface area (TPSA) is 95.0 Å². The Morgan fingerprint density at radius 1 is 1.32 bits per heavy atom. The van der Waals surface area contributed by atoms with Gasteiger partial charge in [-0.2, -0.15) is 5.26 Å². The third kappa shape index (κ3) is 2.80. The Labute approximate surface area is 169 Å². The first-order valence-electron chi connectivity index (χ1n) is 10.5. The van der Waals surface area contributed by atoms with Gasteiger partial charge < -0.3 is 14.6 Å². The summed E-state index contributed by atoms with van der Waals surface area (Å²) in [4.78, 5) is 15.2. The van der Waals surface area contributed by atoms with Gasteiger partial charge >= 0.3 is 6.03 Å². The summed E-state index contributed by atoms with van der Waals surface area (Å²) >= 11 is 6.57. The Hall–Kier alpha value is -1.81. The third-order valence-electron chi connectivity index (χ3n) is 7.37. The highest BCUT2D eigenvalue weighted by Crippen LogP contribution is 2.54. The average molecular weight is 404 g/mol. The second-order valence-electron chi connectivity index (χ2n) is 9.05. The van der Waals surface area contributed by atoms with Crippen molar-refractivity contribution in [2.75, 3.05) is 0 Å². The van der Waals surface area contributed by atoms with Crippen LogP contribution in [-0.2, 0) is 5.54 Å². The van der Waals surface area contributed by atoms with Gasteiger partial charge in [-0.1, -0.05) is 0 Å². The number of nitriles is 1. The molecular formula is C20H26ClN5O2. The number of alkyl halides is 1. The Bertz CT molecular complexity index is 818. The monoisotopic (exact) mass is 403 g/mol. The molecule has 28 heavy (non-hydrogen) atoms. The number of aryl methyl sites for hydroxylation is 1. The number of aromatic nitrogens is 2. The van der Waals surface area contributed by atoms with E-state index in [0.29, 0.717) is 23.6 Å². The lowest BCUT2D eigenvalue weighted by atomic mass is 9.68. The highest BCUT2D eigenvalue weighted by Gasteiger charge is 2.60. The normalized spacial score (nSPS) is 41.7. The highest BCUT2D eigenvalue weighted by atomic mass is 35.5. The molecule has 1 aromatic heterocycles. The number of carbonyl (C=O) groups is 1. The van der Waals surface area contributed by atoms with Gasteiger partial charge in [0.15, 0.2) is 0 Å². The quantitative estimate of drug-likeness (QED) is 0.779. The lowest BCUT2D eigenvalue weighted by molar-refractivity contribution is -0.0958. The highest BCUT2D eigenvalue weighted by molar-refractivity contribution is 6.20. The molecule has 1 saturated heterocycles. The van der Waals surface area contributed by atoms with Crippen molar-refractivity contribution in [3.63, 3.8) is 0 Å². The van der Waals surface area contributed by atoms with Crippen molar-refractivity contribution in [3.8, 4) is 6.07 Å². The molecule has 0 aromatic carbocycles. The van der Waals surface area contributed by atoms with Crippen molar-refractivity contribution in [1.82, 2.24) is 20.4 Å². The number of urea groups is 1. The Kier molecular flexibility index (Phi) is 4.31. The molecule has 1 aromatic rings. The van der Waals surface area contributed by atoms with Crippen LogP contribution in [0.4, 0.5) is 4.79 Å². The minimum atomic E-state index is -0.431. The van der Waals surface area contributed by atoms with Gasteiger partial charge in [-0.3, -0.25) is 0 Å². The first-order valence-corrected chi connectivity index (χ1v) is 10.9. The summed E-state index contributed by atoms with van der Waals surface area (Å²) in [6, 6.07) is 2.73. The van der Waals surface area contributed by atoms with E-state index in [-0.39, 0.29) is 29.4 Å².